The predicted octanol–water partition coefficient (Wildman–Crippen LogP) is 5.17. The van der Waals surface area contributed by atoms with Gasteiger partial charge in [0.25, 0.3) is 0 Å². The Kier molecular flexibility index (Phi) is 6.50. The third kappa shape index (κ3) is 5.02. The van der Waals surface area contributed by atoms with Gasteiger partial charge in [0.05, 0.1) is 13.2 Å². The molecule has 3 aliphatic rings. The number of hydrogen-bond acceptors (Lipinski definition) is 7. The van der Waals surface area contributed by atoms with Gasteiger partial charge in [0.1, 0.15) is 17.2 Å². The molecule has 1 N–H and O–H groups in total. The Hall–Kier alpha value is -3.17. The summed E-state index contributed by atoms with van der Waals surface area (Å²) in [6, 6.07) is 14.5. The first-order chi connectivity index (χ1) is 18.0. The van der Waals surface area contributed by atoms with Crippen molar-refractivity contribution in [3.8, 4) is 16.9 Å². The Morgan fingerprint density at radius 3 is 2.46 bits per heavy atom. The van der Waals surface area contributed by atoms with E-state index in [0.717, 1.165) is 65.9 Å². The number of hydrogen-bond donors (Lipinski definition) is 1. The molecule has 194 valence electrons. The van der Waals surface area contributed by atoms with Crippen molar-refractivity contribution in [2.45, 2.75) is 44.6 Å². The van der Waals surface area contributed by atoms with Crippen molar-refractivity contribution in [2.24, 2.45) is 0 Å². The number of nitrogens with zero attached hydrogens (tertiary/aromatic N) is 4. The average Bonchev–Trinajstić information content (AvgIpc) is 3.55. The van der Waals surface area contributed by atoms with Crippen LogP contribution in [0.15, 0.2) is 42.5 Å². The number of aromatic nitrogens is 2. The lowest BCUT2D eigenvalue weighted by molar-refractivity contribution is 0.0564. The van der Waals surface area contributed by atoms with Crippen LogP contribution in [0.5, 0.6) is 5.75 Å². The van der Waals surface area contributed by atoms with E-state index in [1.165, 1.54) is 17.1 Å². The van der Waals surface area contributed by atoms with Gasteiger partial charge in [-0.2, -0.15) is 4.37 Å². The number of rotatable bonds is 4. The van der Waals surface area contributed by atoms with Gasteiger partial charge in [0.2, 0.25) is 5.13 Å². The number of amides is 2. The summed E-state index contributed by atoms with van der Waals surface area (Å²) in [4.78, 5) is 21.3. The topological polar surface area (TPSA) is 79.8 Å². The largest absolute Gasteiger partial charge is 0.487 e. The van der Waals surface area contributed by atoms with Crippen LogP contribution in [0.4, 0.5) is 15.6 Å². The molecule has 1 spiro atoms. The third-order valence-corrected chi connectivity index (χ3v) is 8.35. The Balaban J connectivity index is 1.09. The maximum atomic E-state index is 12.5. The molecule has 1 aromatic heterocycles. The summed E-state index contributed by atoms with van der Waals surface area (Å²) >= 11 is 1.51. The Morgan fingerprint density at radius 1 is 1.03 bits per heavy atom. The lowest BCUT2D eigenvalue weighted by atomic mass is 9.87. The number of carbonyl (C=O) groups is 1. The molecule has 3 aliphatic heterocycles. The molecule has 0 radical (unpaired) electrons. The highest BCUT2D eigenvalue weighted by Crippen LogP contribution is 2.43. The van der Waals surface area contributed by atoms with E-state index in [1.54, 1.807) is 4.90 Å². The zero-order valence-electron chi connectivity index (χ0n) is 21.4. The SMILES string of the molecule is CC(C)c1nsc(N2CCC3(CC2)Cc2cc(-c4ccc(NC(=O)N5CCOCC5)cc4)ccc2O3)n1. The summed E-state index contributed by atoms with van der Waals surface area (Å²) in [6.45, 7) is 8.58. The maximum Gasteiger partial charge on any atom is 0.321 e. The summed E-state index contributed by atoms with van der Waals surface area (Å²) in [7, 11) is 0. The molecule has 0 aliphatic carbocycles. The van der Waals surface area contributed by atoms with Crippen molar-refractivity contribution >= 4 is 28.4 Å². The summed E-state index contributed by atoms with van der Waals surface area (Å²) in [5.74, 6) is 2.29. The fraction of sp³-hybridized carbons (Fsp3) is 0.464. The molecule has 0 atom stereocenters. The Labute approximate surface area is 221 Å². The van der Waals surface area contributed by atoms with E-state index < -0.39 is 0 Å². The summed E-state index contributed by atoms with van der Waals surface area (Å²) < 4.78 is 16.4. The second kappa shape index (κ2) is 9.95. The van der Waals surface area contributed by atoms with E-state index in [-0.39, 0.29) is 11.6 Å². The molecule has 9 heteroatoms. The van der Waals surface area contributed by atoms with Crippen molar-refractivity contribution in [1.29, 1.82) is 0 Å². The molecule has 2 saturated heterocycles. The second-order valence-corrected chi connectivity index (χ2v) is 11.2. The van der Waals surface area contributed by atoms with Gasteiger partial charge < -0.3 is 24.6 Å². The highest BCUT2D eigenvalue weighted by Gasteiger charge is 2.42. The number of urea groups is 1. The van der Waals surface area contributed by atoms with Crippen LogP contribution in [-0.2, 0) is 11.2 Å². The van der Waals surface area contributed by atoms with E-state index in [9.17, 15) is 4.79 Å². The quantitative estimate of drug-likeness (QED) is 0.513. The average molecular weight is 520 g/mol. The summed E-state index contributed by atoms with van der Waals surface area (Å²) in [6.07, 6.45) is 2.89. The number of fused-ring (bicyclic) bond motifs is 1. The van der Waals surface area contributed by atoms with Crippen LogP contribution in [0.1, 0.15) is 44.0 Å². The molecule has 8 nitrogen and oxygen atoms in total. The van der Waals surface area contributed by atoms with Crippen molar-refractivity contribution in [1.82, 2.24) is 14.3 Å². The normalized spacial score (nSPS) is 18.7. The zero-order chi connectivity index (χ0) is 25.4. The van der Waals surface area contributed by atoms with Crippen molar-refractivity contribution in [3.63, 3.8) is 0 Å². The first-order valence-corrected chi connectivity index (χ1v) is 13.9. The van der Waals surface area contributed by atoms with Crippen molar-refractivity contribution in [3.05, 3.63) is 53.9 Å². The van der Waals surface area contributed by atoms with Gasteiger partial charge in [-0.3, -0.25) is 0 Å². The third-order valence-electron chi connectivity index (χ3n) is 7.56. The number of morpholine rings is 1. The lowest BCUT2D eigenvalue weighted by Gasteiger charge is -2.38. The first kappa shape index (κ1) is 24.2. The van der Waals surface area contributed by atoms with E-state index >= 15 is 0 Å². The van der Waals surface area contributed by atoms with Crippen molar-refractivity contribution < 1.29 is 14.3 Å². The van der Waals surface area contributed by atoms with Crippen LogP contribution in [0.2, 0.25) is 0 Å². The maximum absolute atomic E-state index is 12.5. The molecule has 2 amide bonds. The van der Waals surface area contributed by atoms with E-state index in [4.69, 9.17) is 14.5 Å². The second-order valence-electron chi connectivity index (χ2n) is 10.5. The molecule has 0 saturated carbocycles. The highest BCUT2D eigenvalue weighted by atomic mass is 32.1. The molecule has 2 fully saturated rings. The minimum absolute atomic E-state index is 0.0754. The molecule has 3 aromatic rings. The molecular formula is C28H33N5O3S. The fourth-order valence-corrected chi connectivity index (χ4v) is 6.16. The van der Waals surface area contributed by atoms with Crippen LogP contribution < -0.4 is 15.0 Å². The van der Waals surface area contributed by atoms with Crippen LogP contribution in [0, 0.1) is 0 Å². The van der Waals surface area contributed by atoms with E-state index in [2.05, 4.69) is 58.8 Å². The fourth-order valence-electron chi connectivity index (χ4n) is 5.30. The molecule has 6 rings (SSSR count). The van der Waals surface area contributed by atoms with Crippen LogP contribution in [0.3, 0.4) is 0 Å². The Bertz CT molecular complexity index is 1260. The Morgan fingerprint density at radius 2 is 1.76 bits per heavy atom. The zero-order valence-corrected chi connectivity index (χ0v) is 22.2. The summed E-state index contributed by atoms with van der Waals surface area (Å²) in [5.41, 5.74) is 4.23. The van der Waals surface area contributed by atoms with Crippen LogP contribution in [0.25, 0.3) is 11.1 Å². The number of anilines is 2. The predicted molar refractivity (Wildman–Crippen MR) is 146 cm³/mol. The smallest absolute Gasteiger partial charge is 0.321 e. The number of carbonyl (C=O) groups excluding carboxylic acids is 1. The number of benzene rings is 2. The van der Waals surface area contributed by atoms with E-state index in [0.29, 0.717) is 32.2 Å². The highest BCUT2D eigenvalue weighted by molar-refractivity contribution is 7.09. The van der Waals surface area contributed by atoms with Gasteiger partial charge in [-0.05, 0) is 41.0 Å². The van der Waals surface area contributed by atoms with Crippen LogP contribution >= 0.6 is 11.5 Å². The van der Waals surface area contributed by atoms with Gasteiger partial charge >= 0.3 is 6.03 Å². The van der Waals surface area contributed by atoms with Crippen LogP contribution in [-0.4, -0.2) is 65.3 Å². The van der Waals surface area contributed by atoms with Crippen molar-refractivity contribution in [2.75, 3.05) is 49.6 Å². The lowest BCUT2D eigenvalue weighted by Crippen LogP contribution is -2.47. The first-order valence-electron chi connectivity index (χ1n) is 13.1. The minimum atomic E-state index is -0.128. The van der Waals surface area contributed by atoms with Gasteiger partial charge in [0.15, 0.2) is 0 Å². The molecule has 2 aromatic carbocycles. The van der Waals surface area contributed by atoms with Gasteiger partial charge in [-0.25, -0.2) is 9.78 Å². The number of piperidine rings is 1. The molecular weight excluding hydrogens is 486 g/mol. The van der Waals surface area contributed by atoms with E-state index in [1.807, 2.05) is 12.1 Å². The molecule has 0 unspecified atom stereocenters. The van der Waals surface area contributed by atoms with Gasteiger partial charge in [-0.15, -0.1) is 0 Å². The number of ether oxygens (including phenoxy) is 2. The van der Waals surface area contributed by atoms with Gasteiger partial charge in [0, 0.05) is 68.6 Å². The van der Waals surface area contributed by atoms with Gasteiger partial charge in [-0.1, -0.05) is 32.0 Å². The minimum Gasteiger partial charge on any atom is -0.487 e. The molecule has 37 heavy (non-hydrogen) atoms. The summed E-state index contributed by atoms with van der Waals surface area (Å²) in [5, 5.41) is 4.02. The monoisotopic (exact) mass is 519 g/mol. The molecule has 0 bridgehead atoms. The number of nitrogens with one attached hydrogen (secondary N) is 1. The molecule has 4 heterocycles. The standard InChI is InChI=1S/C28H33N5O3S/c1-19(2)25-30-27(37-31-25)33-11-9-28(10-12-33)18-22-17-21(5-8-24(22)36-28)20-3-6-23(7-4-20)29-26(34)32-13-15-35-16-14-32/h3-8,17,19H,9-16,18H2,1-2H3,(H,29,34).